The first kappa shape index (κ1) is 18.5. The first-order chi connectivity index (χ1) is 11.3. The Bertz CT molecular complexity index is 620. The summed E-state index contributed by atoms with van der Waals surface area (Å²) in [7, 11) is 0. The number of rotatable bonds is 4. The fourth-order valence-corrected chi connectivity index (χ4v) is 2.72. The molecule has 1 aromatic rings. The van der Waals surface area contributed by atoms with Gasteiger partial charge in [0.05, 0.1) is 0 Å². The van der Waals surface area contributed by atoms with E-state index in [1.165, 1.54) is 12.0 Å². The Hall–Kier alpha value is -1.84. The zero-order valence-electron chi connectivity index (χ0n) is 15.7. The van der Waals surface area contributed by atoms with Crippen molar-refractivity contribution in [1.82, 2.24) is 9.55 Å². The number of amides is 1. The lowest BCUT2D eigenvalue weighted by molar-refractivity contribution is -0.117. The fourth-order valence-electron chi connectivity index (χ4n) is 2.72. The Morgan fingerprint density at radius 3 is 2.58 bits per heavy atom. The molecule has 24 heavy (non-hydrogen) atoms. The van der Waals surface area contributed by atoms with Crippen molar-refractivity contribution in [2.75, 3.05) is 5.32 Å². The van der Waals surface area contributed by atoms with Crippen molar-refractivity contribution in [1.29, 1.82) is 0 Å². The van der Waals surface area contributed by atoms with Crippen LogP contribution in [0.25, 0.3) is 0 Å². The molecular weight excluding hydrogens is 298 g/mol. The Balaban J connectivity index is 2.39. The maximum absolute atomic E-state index is 12.4. The van der Waals surface area contributed by atoms with Crippen LogP contribution >= 0.6 is 0 Å². The van der Waals surface area contributed by atoms with Crippen LogP contribution in [0.15, 0.2) is 30.6 Å². The smallest absolute Gasteiger partial charge is 0.227 e. The average Bonchev–Trinajstić information content (AvgIpc) is 2.47. The van der Waals surface area contributed by atoms with Gasteiger partial charge in [0, 0.05) is 24.9 Å². The van der Waals surface area contributed by atoms with Gasteiger partial charge in [-0.25, -0.2) is 4.98 Å². The van der Waals surface area contributed by atoms with Crippen LogP contribution in [-0.4, -0.2) is 15.5 Å². The largest absolute Gasteiger partial charge is 0.316 e. The summed E-state index contributed by atoms with van der Waals surface area (Å²) in [5.74, 6) is 1.11. The van der Waals surface area contributed by atoms with Crippen LogP contribution in [0.1, 0.15) is 77.8 Å². The Morgan fingerprint density at radius 2 is 2.04 bits per heavy atom. The Kier molecular flexibility index (Phi) is 6.03. The van der Waals surface area contributed by atoms with Crippen molar-refractivity contribution in [2.24, 2.45) is 5.41 Å². The van der Waals surface area contributed by atoms with Gasteiger partial charge in [-0.1, -0.05) is 40.7 Å². The molecule has 1 saturated carbocycles. The molecule has 1 N–H and O–H groups in total. The molecule has 2 rings (SSSR count). The van der Waals surface area contributed by atoms with E-state index in [9.17, 15) is 4.79 Å². The van der Waals surface area contributed by atoms with Gasteiger partial charge in [-0.15, -0.1) is 0 Å². The molecule has 132 valence electrons. The van der Waals surface area contributed by atoms with E-state index in [4.69, 9.17) is 0 Å². The average molecular weight is 329 g/mol. The molecule has 4 heteroatoms. The predicted molar refractivity (Wildman–Crippen MR) is 99.5 cm³/mol. The monoisotopic (exact) mass is 329 g/mol. The number of hydrogen-bond acceptors (Lipinski definition) is 2. The van der Waals surface area contributed by atoms with Crippen molar-refractivity contribution in [3.63, 3.8) is 0 Å². The van der Waals surface area contributed by atoms with E-state index in [0.717, 1.165) is 12.8 Å². The minimum absolute atomic E-state index is 0.0173. The standard InChI is InChI=1S/C20H31N3O/c1-15(2)16-8-7-12-21-19(22-18(24)14-20(3,4)5)23(13-11-16)17-9-6-10-17/h7-8,11-13,15,17H,6,9-10,14H2,1-5H3,(H,21,22,24). The third-order valence-corrected chi connectivity index (χ3v) is 4.32. The molecule has 1 aliphatic rings. The van der Waals surface area contributed by atoms with Crippen molar-refractivity contribution in [3.05, 3.63) is 36.2 Å². The summed E-state index contributed by atoms with van der Waals surface area (Å²) in [4.78, 5) is 16.9. The summed E-state index contributed by atoms with van der Waals surface area (Å²) < 4.78 is 2.13. The number of carbonyl (C=O) groups is 1. The molecule has 1 fully saturated rings. The quantitative estimate of drug-likeness (QED) is 0.822. The molecule has 0 unspecified atom stereocenters. The van der Waals surface area contributed by atoms with Gasteiger partial charge in [0.2, 0.25) is 11.9 Å². The van der Waals surface area contributed by atoms with Crippen LogP contribution in [0.4, 0.5) is 5.95 Å². The van der Waals surface area contributed by atoms with E-state index >= 15 is 0 Å². The van der Waals surface area contributed by atoms with E-state index in [1.54, 1.807) is 6.20 Å². The lowest BCUT2D eigenvalue weighted by Gasteiger charge is -2.29. The number of hydrogen-bond donors (Lipinski definition) is 1. The predicted octanol–water partition coefficient (Wildman–Crippen LogP) is 5.23. The first-order valence-electron chi connectivity index (χ1n) is 8.97. The van der Waals surface area contributed by atoms with Crippen LogP contribution in [0.5, 0.6) is 0 Å². The SMILES string of the molecule is CC(C)c1cccnc(NC(=O)CC(C)(C)C)n(C2CCC2)cc1. The number of aromatic nitrogens is 2. The molecule has 1 aromatic heterocycles. The van der Waals surface area contributed by atoms with Gasteiger partial charge in [0.25, 0.3) is 0 Å². The Labute approximate surface area is 146 Å². The highest BCUT2D eigenvalue weighted by Crippen LogP contribution is 2.33. The molecular formula is C20H31N3O. The second kappa shape index (κ2) is 7.82. The maximum Gasteiger partial charge on any atom is 0.227 e. The van der Waals surface area contributed by atoms with E-state index < -0.39 is 0 Å². The van der Waals surface area contributed by atoms with E-state index in [-0.39, 0.29) is 11.3 Å². The summed E-state index contributed by atoms with van der Waals surface area (Å²) in [5.41, 5.74) is 1.22. The molecule has 0 spiro atoms. The van der Waals surface area contributed by atoms with E-state index in [2.05, 4.69) is 67.8 Å². The van der Waals surface area contributed by atoms with Crippen LogP contribution in [0.2, 0.25) is 0 Å². The topological polar surface area (TPSA) is 46.9 Å². The summed E-state index contributed by atoms with van der Waals surface area (Å²) >= 11 is 0. The van der Waals surface area contributed by atoms with Crippen molar-refractivity contribution in [3.8, 4) is 0 Å². The molecule has 0 aromatic carbocycles. The highest BCUT2D eigenvalue weighted by Gasteiger charge is 2.22. The molecule has 0 saturated heterocycles. The fraction of sp³-hybridized carbons (Fsp3) is 0.600. The van der Waals surface area contributed by atoms with Crippen LogP contribution in [0, 0.1) is 5.41 Å². The van der Waals surface area contributed by atoms with Gasteiger partial charge in [0.15, 0.2) is 0 Å². The second-order valence-corrected chi connectivity index (χ2v) is 8.21. The first-order valence-corrected chi connectivity index (χ1v) is 8.97. The summed E-state index contributed by atoms with van der Waals surface area (Å²) in [6.07, 6.45) is 7.85. The maximum atomic E-state index is 12.4. The van der Waals surface area contributed by atoms with Crippen LogP contribution < -0.4 is 5.32 Å². The van der Waals surface area contributed by atoms with Crippen LogP contribution in [0.3, 0.4) is 0 Å². The lowest BCUT2D eigenvalue weighted by atomic mass is 9.92. The molecule has 0 radical (unpaired) electrons. The third kappa shape index (κ3) is 5.36. The number of carbonyl (C=O) groups excluding carboxylic acids is 1. The normalized spacial score (nSPS) is 14.9. The van der Waals surface area contributed by atoms with Gasteiger partial charge in [0.1, 0.15) is 0 Å². The van der Waals surface area contributed by atoms with Gasteiger partial charge in [-0.3, -0.25) is 10.1 Å². The van der Waals surface area contributed by atoms with E-state index in [0.29, 0.717) is 24.3 Å². The number of nitrogens with one attached hydrogen (secondary N) is 1. The molecule has 1 amide bonds. The van der Waals surface area contributed by atoms with Crippen molar-refractivity contribution < 1.29 is 4.79 Å². The summed E-state index contributed by atoms with van der Waals surface area (Å²) in [6.45, 7) is 10.6. The second-order valence-electron chi connectivity index (χ2n) is 8.21. The third-order valence-electron chi connectivity index (χ3n) is 4.32. The molecule has 1 heterocycles. The van der Waals surface area contributed by atoms with Gasteiger partial charge >= 0.3 is 0 Å². The summed E-state index contributed by atoms with van der Waals surface area (Å²) in [5, 5.41) is 3.03. The molecule has 4 nitrogen and oxygen atoms in total. The zero-order valence-corrected chi connectivity index (χ0v) is 15.7. The highest BCUT2D eigenvalue weighted by molar-refractivity contribution is 5.89. The minimum Gasteiger partial charge on any atom is -0.316 e. The van der Waals surface area contributed by atoms with Crippen molar-refractivity contribution in [2.45, 2.75) is 72.3 Å². The van der Waals surface area contributed by atoms with Gasteiger partial charge in [-0.2, -0.15) is 0 Å². The molecule has 0 aliphatic heterocycles. The van der Waals surface area contributed by atoms with Crippen LogP contribution in [-0.2, 0) is 4.79 Å². The van der Waals surface area contributed by atoms with Gasteiger partial charge in [-0.05, 0) is 48.3 Å². The van der Waals surface area contributed by atoms with Gasteiger partial charge < -0.3 is 4.57 Å². The number of nitrogens with zero attached hydrogens (tertiary/aromatic N) is 2. The van der Waals surface area contributed by atoms with E-state index in [1.807, 2.05) is 6.07 Å². The zero-order chi connectivity index (χ0) is 17.7. The summed E-state index contributed by atoms with van der Waals surface area (Å²) in [6, 6.07) is 6.60. The minimum atomic E-state index is -0.0392. The Morgan fingerprint density at radius 1 is 1.33 bits per heavy atom. The highest BCUT2D eigenvalue weighted by atomic mass is 16.1. The molecule has 0 bridgehead atoms. The molecule has 1 aliphatic carbocycles. The number of anilines is 1. The van der Waals surface area contributed by atoms with Crippen molar-refractivity contribution >= 4 is 11.9 Å². The lowest BCUT2D eigenvalue weighted by Crippen LogP contribution is -2.25. The molecule has 0 atom stereocenters.